The number of ketones is 1. The highest BCUT2D eigenvalue weighted by Gasteiger charge is 2.75. The highest BCUT2D eigenvalue weighted by atomic mass is 16.7. The molecule has 2 fully saturated rings. The number of allylic oxidation sites excluding steroid dienone is 1. The van der Waals surface area contributed by atoms with Crippen molar-refractivity contribution in [3.05, 3.63) is 11.8 Å². The summed E-state index contributed by atoms with van der Waals surface area (Å²) in [6.07, 6.45) is 1.02. The van der Waals surface area contributed by atoms with E-state index in [1.165, 1.54) is 13.2 Å². The Labute approximate surface area is 196 Å². The molecule has 6 atom stereocenters. The Morgan fingerprint density at radius 3 is 2.30 bits per heavy atom. The van der Waals surface area contributed by atoms with E-state index in [1.54, 1.807) is 34.6 Å². The summed E-state index contributed by atoms with van der Waals surface area (Å²) in [5.74, 6) is -2.31. The first kappa shape index (κ1) is 25.7. The van der Waals surface area contributed by atoms with Gasteiger partial charge in [-0.2, -0.15) is 0 Å². The summed E-state index contributed by atoms with van der Waals surface area (Å²) in [6, 6.07) is 0. The maximum absolute atomic E-state index is 13.3. The van der Waals surface area contributed by atoms with Crippen LogP contribution >= 0.6 is 0 Å². The maximum Gasteiger partial charge on any atom is 0.318 e. The van der Waals surface area contributed by atoms with Crippen molar-refractivity contribution in [1.82, 2.24) is 0 Å². The number of fused-ring (bicyclic) bond motifs is 1. The molecule has 3 rings (SSSR count). The molecule has 0 aromatic heterocycles. The van der Waals surface area contributed by atoms with Crippen LogP contribution in [-0.2, 0) is 38.1 Å². The van der Waals surface area contributed by atoms with Gasteiger partial charge in [0.15, 0.2) is 11.4 Å². The number of carbonyl (C=O) groups excluding carboxylic acids is 3. The average Bonchev–Trinajstić information content (AvgIpc) is 3.25. The monoisotopic (exact) mass is 466 g/mol. The number of ether oxygens (including phenoxy) is 5. The third kappa shape index (κ3) is 3.89. The molecule has 0 unspecified atom stereocenters. The van der Waals surface area contributed by atoms with Gasteiger partial charge in [-0.3, -0.25) is 14.4 Å². The number of methoxy groups -OCH3 is 1. The number of hydrogen-bond donors (Lipinski definition) is 0. The van der Waals surface area contributed by atoms with Gasteiger partial charge in [0.25, 0.3) is 0 Å². The molecule has 8 heteroatoms. The van der Waals surface area contributed by atoms with Gasteiger partial charge in [-0.05, 0) is 34.6 Å². The molecule has 8 nitrogen and oxygen atoms in total. The van der Waals surface area contributed by atoms with Gasteiger partial charge in [-0.15, -0.1) is 0 Å². The number of rotatable bonds is 7. The van der Waals surface area contributed by atoms with Crippen LogP contribution in [0.1, 0.15) is 68.2 Å². The number of hydrogen-bond acceptors (Lipinski definition) is 8. The Hall–Kier alpha value is -1.93. The fourth-order valence-corrected chi connectivity index (χ4v) is 5.53. The van der Waals surface area contributed by atoms with Crippen molar-refractivity contribution in [1.29, 1.82) is 0 Å². The molecule has 3 aliphatic rings. The first-order chi connectivity index (χ1) is 15.2. The molecule has 0 aromatic rings. The van der Waals surface area contributed by atoms with E-state index in [0.717, 1.165) is 0 Å². The normalized spacial score (nSPS) is 38.2. The SMILES string of the molecule is CCC1=CC(=O)[C@](C)(C[C@@H]2O[C@](OC)(C(C)C)[C@@]3(C)C(=O)O[C@H](COC(=O)C(C)(C)C)[C@@H]23)O1. The van der Waals surface area contributed by atoms with E-state index in [-0.39, 0.29) is 30.7 Å². The zero-order valence-corrected chi connectivity index (χ0v) is 21.3. The van der Waals surface area contributed by atoms with E-state index in [0.29, 0.717) is 12.2 Å². The lowest BCUT2D eigenvalue weighted by Gasteiger charge is -2.41. The standard InChI is InChI=1S/C25H38O8/c1-10-15-11-18(26)23(7,32-15)12-16-19-17(13-30-20(27)22(4,5)6)31-21(28)24(19,8)25(29-9,33-16)14(2)3/h11,14,16-17,19H,10,12-13H2,1-9H3/t16-,17+,19+,23-,24+,25+/m0/s1. The van der Waals surface area contributed by atoms with Gasteiger partial charge >= 0.3 is 11.9 Å². The minimum absolute atomic E-state index is 0.0934. The van der Waals surface area contributed by atoms with Crippen molar-refractivity contribution >= 4 is 17.7 Å². The predicted molar refractivity (Wildman–Crippen MR) is 119 cm³/mol. The lowest BCUT2D eigenvalue weighted by Crippen LogP contribution is -2.54. The van der Waals surface area contributed by atoms with E-state index >= 15 is 0 Å². The minimum Gasteiger partial charge on any atom is -0.484 e. The van der Waals surface area contributed by atoms with Crippen molar-refractivity contribution in [2.45, 2.75) is 91.8 Å². The summed E-state index contributed by atoms with van der Waals surface area (Å²) in [5.41, 5.74) is -2.96. The molecular weight excluding hydrogens is 428 g/mol. The van der Waals surface area contributed by atoms with Gasteiger partial charge in [0.05, 0.1) is 11.5 Å². The summed E-state index contributed by atoms with van der Waals surface area (Å²) in [5, 5.41) is 0. The summed E-state index contributed by atoms with van der Waals surface area (Å²) in [7, 11) is 1.51. The number of esters is 2. The predicted octanol–water partition coefficient (Wildman–Crippen LogP) is 3.56. The van der Waals surface area contributed by atoms with Crippen molar-refractivity contribution in [2.24, 2.45) is 22.7 Å². The second kappa shape index (κ2) is 8.38. The Bertz CT molecular complexity index is 855. The molecule has 0 N–H and O–H groups in total. The number of cyclic esters (lactones) is 1. The molecule has 0 amide bonds. The highest BCUT2D eigenvalue weighted by molar-refractivity contribution is 5.99. The van der Waals surface area contributed by atoms with E-state index < -0.39 is 46.3 Å². The Morgan fingerprint density at radius 2 is 1.82 bits per heavy atom. The fraction of sp³-hybridized carbons (Fsp3) is 0.800. The van der Waals surface area contributed by atoms with Gasteiger partial charge < -0.3 is 23.7 Å². The average molecular weight is 467 g/mol. The molecule has 0 aliphatic carbocycles. The molecule has 3 heterocycles. The van der Waals surface area contributed by atoms with Gasteiger partial charge in [-0.1, -0.05) is 20.8 Å². The van der Waals surface area contributed by atoms with Gasteiger partial charge in [0, 0.05) is 37.9 Å². The van der Waals surface area contributed by atoms with Gasteiger partial charge in [0.2, 0.25) is 5.78 Å². The highest BCUT2D eigenvalue weighted by Crippen LogP contribution is 2.61. The molecule has 0 radical (unpaired) electrons. The molecule has 33 heavy (non-hydrogen) atoms. The van der Waals surface area contributed by atoms with E-state index in [9.17, 15) is 14.4 Å². The van der Waals surface area contributed by atoms with Gasteiger partial charge in [0.1, 0.15) is 23.9 Å². The first-order valence-corrected chi connectivity index (χ1v) is 11.7. The van der Waals surface area contributed by atoms with E-state index in [1.807, 2.05) is 20.8 Å². The van der Waals surface area contributed by atoms with Crippen molar-refractivity contribution in [2.75, 3.05) is 13.7 Å². The zero-order valence-electron chi connectivity index (χ0n) is 21.3. The third-order valence-electron chi connectivity index (χ3n) is 7.36. The molecule has 3 aliphatic heterocycles. The largest absolute Gasteiger partial charge is 0.484 e. The van der Waals surface area contributed by atoms with E-state index in [2.05, 4.69) is 0 Å². The Kier molecular flexibility index (Phi) is 6.52. The second-order valence-electron chi connectivity index (χ2n) is 11.1. The third-order valence-corrected chi connectivity index (χ3v) is 7.36. The fourth-order valence-electron chi connectivity index (χ4n) is 5.53. The van der Waals surface area contributed by atoms with Crippen LogP contribution in [0.25, 0.3) is 0 Å². The molecule has 0 aromatic carbocycles. The molecule has 0 saturated carbocycles. The molecule has 2 saturated heterocycles. The van der Waals surface area contributed by atoms with Crippen molar-refractivity contribution in [3.63, 3.8) is 0 Å². The molecular formula is C25H38O8. The van der Waals surface area contributed by atoms with Crippen molar-refractivity contribution in [3.8, 4) is 0 Å². The van der Waals surface area contributed by atoms with Crippen LogP contribution in [0.2, 0.25) is 0 Å². The maximum atomic E-state index is 13.3. The van der Waals surface area contributed by atoms with Crippen LogP contribution in [0.15, 0.2) is 11.8 Å². The van der Waals surface area contributed by atoms with Crippen LogP contribution < -0.4 is 0 Å². The quantitative estimate of drug-likeness (QED) is 0.526. The summed E-state index contributed by atoms with van der Waals surface area (Å²) >= 11 is 0. The molecule has 186 valence electrons. The topological polar surface area (TPSA) is 97.4 Å². The summed E-state index contributed by atoms with van der Waals surface area (Å²) < 4.78 is 29.7. The minimum atomic E-state index is -1.26. The van der Waals surface area contributed by atoms with E-state index in [4.69, 9.17) is 23.7 Å². The molecule has 0 spiro atoms. The van der Waals surface area contributed by atoms with Crippen LogP contribution in [0.4, 0.5) is 0 Å². The van der Waals surface area contributed by atoms with Crippen LogP contribution in [0.3, 0.4) is 0 Å². The van der Waals surface area contributed by atoms with Crippen LogP contribution in [-0.4, -0.2) is 55.0 Å². The lowest BCUT2D eigenvalue weighted by molar-refractivity contribution is -0.279. The van der Waals surface area contributed by atoms with Gasteiger partial charge in [-0.25, -0.2) is 0 Å². The smallest absolute Gasteiger partial charge is 0.318 e. The summed E-state index contributed by atoms with van der Waals surface area (Å²) in [6.45, 7) is 14.5. The van der Waals surface area contributed by atoms with Crippen LogP contribution in [0, 0.1) is 22.7 Å². The van der Waals surface area contributed by atoms with Crippen LogP contribution in [0.5, 0.6) is 0 Å². The number of carbonyl (C=O) groups is 3. The Morgan fingerprint density at radius 1 is 1.18 bits per heavy atom. The lowest BCUT2D eigenvalue weighted by atomic mass is 9.66. The molecule has 0 bridgehead atoms. The second-order valence-corrected chi connectivity index (χ2v) is 11.1. The Balaban J connectivity index is 1.96. The summed E-state index contributed by atoms with van der Waals surface area (Å²) in [4.78, 5) is 38.5. The van der Waals surface area contributed by atoms with Crippen molar-refractivity contribution < 1.29 is 38.1 Å². The zero-order chi connectivity index (χ0) is 25.0. The first-order valence-electron chi connectivity index (χ1n) is 11.7.